The van der Waals surface area contributed by atoms with Crippen molar-refractivity contribution in [2.24, 2.45) is 0 Å². The Morgan fingerprint density at radius 3 is 2.23 bits per heavy atom. The number of likely N-dealkylation sites (N-methyl/N-ethyl adjacent to an activating group) is 1. The van der Waals surface area contributed by atoms with E-state index in [0.717, 1.165) is 50.6 Å². The Morgan fingerprint density at radius 2 is 1.59 bits per heavy atom. The number of benzene rings is 2. The van der Waals surface area contributed by atoms with E-state index in [1.54, 1.807) is 13.2 Å². The quantitative estimate of drug-likeness (QED) is 0.517. The van der Waals surface area contributed by atoms with Gasteiger partial charge in [0.05, 0.1) is 18.2 Å². The second-order valence-corrected chi connectivity index (χ2v) is 10.0. The highest BCUT2D eigenvalue weighted by Crippen LogP contribution is 2.32. The van der Waals surface area contributed by atoms with Crippen molar-refractivity contribution < 1.29 is 18.7 Å². The Balaban J connectivity index is 1.34. The lowest BCUT2D eigenvalue weighted by Gasteiger charge is -2.36. The van der Waals surface area contributed by atoms with Gasteiger partial charge >= 0.3 is 0 Å². The summed E-state index contributed by atoms with van der Waals surface area (Å²) >= 11 is 0. The van der Waals surface area contributed by atoms with E-state index in [9.17, 15) is 14.4 Å². The fraction of sp³-hybridized carbons (Fsp3) is 0.414. The Morgan fingerprint density at radius 1 is 0.923 bits per heavy atom. The molecule has 0 radical (unpaired) electrons. The van der Waals surface area contributed by atoms with Gasteiger partial charge in [-0.3, -0.25) is 14.4 Å². The molecule has 0 unspecified atom stereocenters. The smallest absolute Gasteiger partial charge is 0.291 e. The Labute approximate surface area is 227 Å². The van der Waals surface area contributed by atoms with Gasteiger partial charge in [-0.25, -0.2) is 0 Å². The number of anilines is 3. The van der Waals surface area contributed by atoms with E-state index >= 15 is 0 Å². The number of methoxy groups -OCH3 is 1. The van der Waals surface area contributed by atoms with E-state index < -0.39 is 5.91 Å². The van der Waals surface area contributed by atoms with E-state index in [-0.39, 0.29) is 17.1 Å². The molecule has 2 amide bonds. The fourth-order valence-corrected chi connectivity index (χ4v) is 5.11. The molecule has 2 fully saturated rings. The first-order chi connectivity index (χ1) is 18.9. The van der Waals surface area contributed by atoms with Crippen LogP contribution >= 0.6 is 0 Å². The molecule has 10 nitrogen and oxygen atoms in total. The third kappa shape index (κ3) is 5.70. The second kappa shape index (κ2) is 11.4. The first-order valence-corrected chi connectivity index (χ1v) is 13.4. The Bertz CT molecular complexity index is 1400. The van der Waals surface area contributed by atoms with Gasteiger partial charge in [-0.05, 0) is 37.4 Å². The van der Waals surface area contributed by atoms with E-state index in [0.29, 0.717) is 41.9 Å². The maximum Gasteiger partial charge on any atom is 0.291 e. The number of ether oxygens (including phenoxy) is 1. The lowest BCUT2D eigenvalue weighted by Crippen LogP contribution is -2.48. The molecule has 1 N–H and O–H groups in total. The monoisotopic (exact) mass is 533 g/mol. The first kappa shape index (κ1) is 26.6. The zero-order chi connectivity index (χ0) is 27.5. The summed E-state index contributed by atoms with van der Waals surface area (Å²) in [5.41, 5.74) is 2.45. The van der Waals surface area contributed by atoms with Crippen molar-refractivity contribution >= 4 is 39.8 Å². The van der Waals surface area contributed by atoms with Crippen molar-refractivity contribution in [3.63, 3.8) is 0 Å². The van der Waals surface area contributed by atoms with Crippen LogP contribution < -0.4 is 25.3 Å². The van der Waals surface area contributed by atoms with E-state index in [2.05, 4.69) is 27.1 Å². The highest BCUT2D eigenvalue weighted by atomic mass is 16.5. The van der Waals surface area contributed by atoms with E-state index in [1.807, 2.05) is 42.2 Å². The van der Waals surface area contributed by atoms with Crippen LogP contribution in [0.15, 0.2) is 51.7 Å². The number of amides is 2. The molecular formula is C29H35N5O5. The predicted octanol–water partition coefficient (Wildman–Crippen LogP) is 2.86. The summed E-state index contributed by atoms with van der Waals surface area (Å²) in [7, 11) is 3.64. The van der Waals surface area contributed by atoms with Crippen LogP contribution in [-0.4, -0.2) is 88.1 Å². The minimum atomic E-state index is -0.492. The Kier molecular flexibility index (Phi) is 7.74. The van der Waals surface area contributed by atoms with E-state index in [4.69, 9.17) is 9.15 Å². The number of nitrogens with zero attached hydrogens (tertiary/aromatic N) is 4. The molecule has 2 saturated heterocycles. The molecular weight excluding hydrogens is 498 g/mol. The van der Waals surface area contributed by atoms with Gasteiger partial charge in [0.15, 0.2) is 16.8 Å². The van der Waals surface area contributed by atoms with Crippen molar-refractivity contribution in [1.82, 2.24) is 9.80 Å². The molecule has 0 bridgehead atoms. The largest absolute Gasteiger partial charge is 0.497 e. The van der Waals surface area contributed by atoms with Gasteiger partial charge in [0, 0.05) is 82.3 Å². The van der Waals surface area contributed by atoms with Crippen LogP contribution in [0.4, 0.5) is 17.1 Å². The molecule has 3 aromatic rings. The number of piperazine rings is 2. The van der Waals surface area contributed by atoms with Gasteiger partial charge in [-0.15, -0.1) is 0 Å². The minimum absolute atomic E-state index is 0.0474. The molecule has 0 spiro atoms. The van der Waals surface area contributed by atoms with E-state index in [1.165, 1.54) is 6.07 Å². The first-order valence-electron chi connectivity index (χ1n) is 13.4. The minimum Gasteiger partial charge on any atom is -0.497 e. The highest BCUT2D eigenvalue weighted by Gasteiger charge is 2.23. The molecule has 2 aliphatic rings. The van der Waals surface area contributed by atoms with Gasteiger partial charge < -0.3 is 34.1 Å². The third-order valence-electron chi connectivity index (χ3n) is 7.51. The van der Waals surface area contributed by atoms with Crippen LogP contribution in [0.5, 0.6) is 5.75 Å². The van der Waals surface area contributed by atoms with Gasteiger partial charge in [-0.1, -0.05) is 6.92 Å². The molecule has 3 heterocycles. The molecule has 5 rings (SSSR count). The summed E-state index contributed by atoms with van der Waals surface area (Å²) < 4.78 is 11.5. The molecule has 2 aromatic carbocycles. The topological polar surface area (TPSA) is 98.6 Å². The number of carbonyl (C=O) groups is 2. The van der Waals surface area contributed by atoms with Crippen molar-refractivity contribution in [3.05, 3.63) is 58.4 Å². The van der Waals surface area contributed by atoms with Crippen LogP contribution in [0.1, 0.15) is 23.9 Å². The molecule has 10 heteroatoms. The van der Waals surface area contributed by atoms with Gasteiger partial charge in [0.1, 0.15) is 5.75 Å². The molecule has 206 valence electrons. The molecule has 1 aromatic heterocycles. The summed E-state index contributed by atoms with van der Waals surface area (Å²) in [5.74, 6) is 0.213. The molecule has 0 aliphatic carbocycles. The standard InChI is InChI=1S/C29H35N5O5/c1-4-27(36)34-15-13-32(14-16-34)21-7-5-20(6-8-21)30-29(37)26-19-25(35)23-17-22(38-3)18-24(28(23)39-26)33-11-9-31(2)10-12-33/h5-8,17-19H,4,9-16H2,1-3H3,(H,30,37). The van der Waals surface area contributed by atoms with Crippen molar-refractivity contribution in [3.8, 4) is 5.75 Å². The maximum atomic E-state index is 13.1. The SMILES string of the molecule is CCC(=O)N1CCN(c2ccc(NC(=O)c3cc(=O)c4cc(OC)cc(N5CCN(C)CC5)c4o3)cc2)CC1. The molecule has 0 saturated carbocycles. The lowest BCUT2D eigenvalue weighted by atomic mass is 10.1. The fourth-order valence-electron chi connectivity index (χ4n) is 5.11. The lowest BCUT2D eigenvalue weighted by molar-refractivity contribution is -0.131. The number of fused-ring (bicyclic) bond motifs is 1. The summed E-state index contributed by atoms with van der Waals surface area (Å²) in [6, 6.07) is 12.3. The van der Waals surface area contributed by atoms with Crippen LogP contribution in [0.2, 0.25) is 0 Å². The third-order valence-corrected chi connectivity index (χ3v) is 7.51. The van der Waals surface area contributed by atoms with Gasteiger partial charge in [0.25, 0.3) is 5.91 Å². The Hall–Kier alpha value is -4.05. The maximum absolute atomic E-state index is 13.1. The molecule has 39 heavy (non-hydrogen) atoms. The number of hydrogen-bond acceptors (Lipinski definition) is 8. The summed E-state index contributed by atoms with van der Waals surface area (Å²) in [6.45, 7) is 8.12. The molecule has 0 atom stereocenters. The van der Waals surface area contributed by atoms with Crippen molar-refractivity contribution in [2.75, 3.05) is 81.6 Å². The van der Waals surface area contributed by atoms with Gasteiger partial charge in [0.2, 0.25) is 5.91 Å². The van der Waals surface area contributed by atoms with Crippen molar-refractivity contribution in [1.29, 1.82) is 0 Å². The van der Waals surface area contributed by atoms with Crippen LogP contribution in [0, 0.1) is 0 Å². The van der Waals surface area contributed by atoms with Crippen molar-refractivity contribution in [2.45, 2.75) is 13.3 Å². The van der Waals surface area contributed by atoms with Crippen LogP contribution in [0.3, 0.4) is 0 Å². The predicted molar refractivity (Wildman–Crippen MR) is 152 cm³/mol. The normalized spacial score (nSPS) is 16.4. The zero-order valence-electron chi connectivity index (χ0n) is 22.7. The number of hydrogen-bond donors (Lipinski definition) is 1. The van der Waals surface area contributed by atoms with Crippen LogP contribution in [-0.2, 0) is 4.79 Å². The summed E-state index contributed by atoms with van der Waals surface area (Å²) in [5, 5.41) is 3.23. The number of carbonyl (C=O) groups excluding carboxylic acids is 2. The number of rotatable bonds is 6. The highest BCUT2D eigenvalue weighted by molar-refractivity contribution is 6.03. The average molecular weight is 534 g/mol. The average Bonchev–Trinajstić information content (AvgIpc) is 2.97. The summed E-state index contributed by atoms with van der Waals surface area (Å²) in [4.78, 5) is 46.7. The second-order valence-electron chi connectivity index (χ2n) is 10.0. The zero-order valence-corrected chi connectivity index (χ0v) is 22.7. The van der Waals surface area contributed by atoms with Gasteiger partial charge in [-0.2, -0.15) is 0 Å². The van der Waals surface area contributed by atoms with Crippen LogP contribution in [0.25, 0.3) is 11.0 Å². The number of nitrogens with one attached hydrogen (secondary N) is 1. The summed E-state index contributed by atoms with van der Waals surface area (Å²) in [6.07, 6.45) is 0.525. The molecule has 2 aliphatic heterocycles.